The summed E-state index contributed by atoms with van der Waals surface area (Å²) in [6.07, 6.45) is -4.45. The fourth-order valence-corrected chi connectivity index (χ4v) is 2.04. The van der Waals surface area contributed by atoms with Crippen molar-refractivity contribution in [3.63, 3.8) is 0 Å². The number of carbonyl (C=O) groups is 2. The molecular formula is C16H20F3NO4. The topological polar surface area (TPSA) is 75.6 Å². The second kappa shape index (κ2) is 8.03. The molecule has 0 aliphatic carbocycles. The van der Waals surface area contributed by atoms with Gasteiger partial charge in [-0.3, -0.25) is 9.59 Å². The van der Waals surface area contributed by atoms with Crippen molar-refractivity contribution in [2.45, 2.75) is 39.4 Å². The summed E-state index contributed by atoms with van der Waals surface area (Å²) in [5, 5.41) is 11.4. The maximum absolute atomic E-state index is 12.0. The van der Waals surface area contributed by atoms with Crippen LogP contribution in [-0.4, -0.2) is 29.8 Å². The standard InChI is InChI=1S/C16H20F3NO4/c1-15(2,8-14(22)23)7-13(21)20-9-11-3-5-12(6-4-11)24-10-16(17,18)19/h3-6H,7-10H2,1-2H3,(H,20,21)(H,22,23). The first-order valence-electron chi connectivity index (χ1n) is 7.24. The predicted molar refractivity (Wildman–Crippen MR) is 80.5 cm³/mol. The Morgan fingerprint density at radius 1 is 1.12 bits per heavy atom. The van der Waals surface area contributed by atoms with Gasteiger partial charge in [0.25, 0.3) is 0 Å². The third kappa shape index (κ3) is 8.40. The zero-order valence-electron chi connectivity index (χ0n) is 13.4. The van der Waals surface area contributed by atoms with Crippen molar-refractivity contribution >= 4 is 11.9 Å². The van der Waals surface area contributed by atoms with E-state index in [1.807, 2.05) is 0 Å². The maximum atomic E-state index is 12.0. The Morgan fingerprint density at radius 3 is 2.21 bits per heavy atom. The van der Waals surface area contributed by atoms with Crippen LogP contribution >= 0.6 is 0 Å². The third-order valence-corrected chi connectivity index (χ3v) is 3.08. The molecule has 1 rings (SSSR count). The maximum Gasteiger partial charge on any atom is 0.422 e. The summed E-state index contributed by atoms with van der Waals surface area (Å²) in [6, 6.07) is 5.88. The largest absolute Gasteiger partial charge is 0.484 e. The second-order valence-electron chi connectivity index (χ2n) is 6.24. The van der Waals surface area contributed by atoms with Gasteiger partial charge in [-0.1, -0.05) is 26.0 Å². The zero-order chi connectivity index (χ0) is 18.4. The molecule has 1 aromatic rings. The first-order valence-corrected chi connectivity index (χ1v) is 7.24. The first-order chi connectivity index (χ1) is 11.0. The van der Waals surface area contributed by atoms with Crippen molar-refractivity contribution in [3.05, 3.63) is 29.8 Å². The highest BCUT2D eigenvalue weighted by Crippen LogP contribution is 2.25. The summed E-state index contributed by atoms with van der Waals surface area (Å²) >= 11 is 0. The van der Waals surface area contributed by atoms with E-state index in [1.54, 1.807) is 26.0 Å². The van der Waals surface area contributed by atoms with Crippen LogP contribution in [0.1, 0.15) is 32.3 Å². The Kier molecular flexibility index (Phi) is 6.62. The smallest absolute Gasteiger partial charge is 0.422 e. The van der Waals surface area contributed by atoms with E-state index < -0.39 is 24.2 Å². The van der Waals surface area contributed by atoms with Crippen molar-refractivity contribution in [2.75, 3.05) is 6.61 Å². The predicted octanol–water partition coefficient (Wildman–Crippen LogP) is 3.13. The van der Waals surface area contributed by atoms with Crippen molar-refractivity contribution in [1.29, 1.82) is 0 Å². The van der Waals surface area contributed by atoms with E-state index >= 15 is 0 Å². The number of amides is 1. The lowest BCUT2D eigenvalue weighted by Crippen LogP contribution is -2.29. The van der Waals surface area contributed by atoms with Gasteiger partial charge < -0.3 is 15.2 Å². The molecule has 134 valence electrons. The highest BCUT2D eigenvalue weighted by Gasteiger charge is 2.28. The highest BCUT2D eigenvalue weighted by molar-refractivity contribution is 5.77. The quantitative estimate of drug-likeness (QED) is 0.758. The van der Waals surface area contributed by atoms with Gasteiger partial charge in [0.2, 0.25) is 5.91 Å². The number of rotatable bonds is 8. The van der Waals surface area contributed by atoms with Gasteiger partial charge in [-0.25, -0.2) is 0 Å². The summed E-state index contributed by atoms with van der Waals surface area (Å²) in [6.45, 7) is 2.21. The van der Waals surface area contributed by atoms with E-state index in [-0.39, 0.29) is 31.0 Å². The number of carboxylic acids is 1. The van der Waals surface area contributed by atoms with Gasteiger partial charge in [0.05, 0.1) is 6.42 Å². The molecule has 0 heterocycles. The molecule has 0 aromatic heterocycles. The molecule has 5 nitrogen and oxygen atoms in total. The molecule has 8 heteroatoms. The molecule has 1 aromatic carbocycles. The minimum absolute atomic E-state index is 0.0616. The average Bonchev–Trinajstić information content (AvgIpc) is 2.41. The van der Waals surface area contributed by atoms with Crippen LogP contribution in [0, 0.1) is 5.41 Å². The molecule has 1 amide bonds. The van der Waals surface area contributed by atoms with Crippen LogP contribution in [0.2, 0.25) is 0 Å². The summed E-state index contributed by atoms with van der Waals surface area (Å²) < 4.78 is 40.7. The summed E-state index contributed by atoms with van der Waals surface area (Å²) in [4.78, 5) is 22.5. The molecule has 0 aliphatic heterocycles. The van der Waals surface area contributed by atoms with E-state index in [2.05, 4.69) is 10.1 Å². The van der Waals surface area contributed by atoms with Crippen molar-refractivity contribution in [3.8, 4) is 5.75 Å². The number of aliphatic carboxylic acids is 1. The molecule has 0 saturated carbocycles. The molecule has 0 radical (unpaired) electrons. The fourth-order valence-electron chi connectivity index (χ4n) is 2.04. The zero-order valence-corrected chi connectivity index (χ0v) is 13.4. The van der Waals surface area contributed by atoms with Crippen LogP contribution in [0.3, 0.4) is 0 Å². The highest BCUT2D eigenvalue weighted by atomic mass is 19.4. The molecular weight excluding hydrogens is 327 g/mol. The van der Waals surface area contributed by atoms with Crippen LogP contribution in [-0.2, 0) is 16.1 Å². The Bertz CT molecular complexity index is 568. The van der Waals surface area contributed by atoms with Crippen LogP contribution < -0.4 is 10.1 Å². The van der Waals surface area contributed by atoms with Crippen molar-refractivity contribution in [1.82, 2.24) is 5.32 Å². The lowest BCUT2D eigenvalue weighted by Gasteiger charge is -2.21. The molecule has 0 bridgehead atoms. The van der Waals surface area contributed by atoms with Crippen LogP contribution in [0.25, 0.3) is 0 Å². The minimum atomic E-state index is -4.39. The molecule has 0 fully saturated rings. The minimum Gasteiger partial charge on any atom is -0.484 e. The number of carbonyl (C=O) groups excluding carboxylic acids is 1. The fraction of sp³-hybridized carbons (Fsp3) is 0.500. The molecule has 0 atom stereocenters. The lowest BCUT2D eigenvalue weighted by molar-refractivity contribution is -0.153. The van der Waals surface area contributed by atoms with Gasteiger partial charge in [0.1, 0.15) is 5.75 Å². The van der Waals surface area contributed by atoms with Gasteiger partial charge >= 0.3 is 12.1 Å². The van der Waals surface area contributed by atoms with Crippen molar-refractivity contribution < 1.29 is 32.6 Å². The second-order valence-corrected chi connectivity index (χ2v) is 6.24. The Morgan fingerprint density at radius 2 is 1.71 bits per heavy atom. The average molecular weight is 347 g/mol. The number of benzene rings is 1. The normalized spacial score (nSPS) is 11.9. The summed E-state index contributed by atoms with van der Waals surface area (Å²) in [5.74, 6) is -1.18. The third-order valence-electron chi connectivity index (χ3n) is 3.08. The Hall–Kier alpha value is -2.25. The number of hydrogen-bond donors (Lipinski definition) is 2. The number of nitrogens with one attached hydrogen (secondary N) is 1. The Labute approximate surface area is 137 Å². The van der Waals surface area contributed by atoms with Gasteiger partial charge in [0.15, 0.2) is 6.61 Å². The van der Waals surface area contributed by atoms with Gasteiger partial charge in [-0.05, 0) is 23.1 Å². The summed E-state index contributed by atoms with van der Waals surface area (Å²) in [5.41, 5.74) is 0.0318. The SMILES string of the molecule is CC(C)(CC(=O)O)CC(=O)NCc1ccc(OCC(F)(F)F)cc1. The van der Waals surface area contributed by atoms with Gasteiger partial charge in [-0.2, -0.15) is 13.2 Å². The Balaban J connectivity index is 2.44. The molecule has 0 aliphatic rings. The van der Waals surface area contributed by atoms with E-state index in [1.165, 1.54) is 12.1 Å². The number of carboxylic acid groups (broad SMARTS) is 1. The van der Waals surface area contributed by atoms with Crippen LogP contribution in [0.15, 0.2) is 24.3 Å². The van der Waals surface area contributed by atoms with Gasteiger partial charge in [0, 0.05) is 13.0 Å². The number of ether oxygens (including phenoxy) is 1. The van der Waals surface area contributed by atoms with Crippen LogP contribution in [0.5, 0.6) is 5.75 Å². The van der Waals surface area contributed by atoms with E-state index in [0.717, 1.165) is 0 Å². The number of hydrogen-bond acceptors (Lipinski definition) is 3. The molecule has 0 saturated heterocycles. The number of halogens is 3. The van der Waals surface area contributed by atoms with E-state index in [9.17, 15) is 22.8 Å². The van der Waals surface area contributed by atoms with E-state index in [0.29, 0.717) is 5.56 Å². The van der Waals surface area contributed by atoms with E-state index in [4.69, 9.17) is 5.11 Å². The molecule has 2 N–H and O–H groups in total. The van der Waals surface area contributed by atoms with Gasteiger partial charge in [-0.15, -0.1) is 0 Å². The van der Waals surface area contributed by atoms with Crippen LogP contribution in [0.4, 0.5) is 13.2 Å². The molecule has 0 spiro atoms. The lowest BCUT2D eigenvalue weighted by atomic mass is 9.85. The van der Waals surface area contributed by atoms with Crippen molar-refractivity contribution in [2.24, 2.45) is 5.41 Å². The number of alkyl halides is 3. The molecule has 0 unspecified atom stereocenters. The molecule has 24 heavy (non-hydrogen) atoms. The summed E-state index contributed by atoms with van der Waals surface area (Å²) in [7, 11) is 0. The first kappa shape index (κ1) is 19.8. The monoisotopic (exact) mass is 347 g/mol.